The molecule has 1 aromatic heterocycles. The minimum absolute atomic E-state index is 0.906. The van der Waals surface area contributed by atoms with Crippen molar-refractivity contribution < 1.29 is 4.74 Å². The van der Waals surface area contributed by atoms with Gasteiger partial charge in [-0.3, -0.25) is 0 Å². The summed E-state index contributed by atoms with van der Waals surface area (Å²) in [4.78, 5) is 5.57. The van der Waals surface area contributed by atoms with Gasteiger partial charge in [-0.05, 0) is 30.5 Å². The fourth-order valence-electron chi connectivity index (χ4n) is 1.60. The Bertz CT molecular complexity index is 465. The van der Waals surface area contributed by atoms with E-state index in [4.69, 9.17) is 4.74 Å². The molecule has 3 nitrogen and oxygen atoms in total. The van der Waals surface area contributed by atoms with E-state index in [0.717, 1.165) is 23.7 Å². The number of hydrogen-bond acceptors (Lipinski definition) is 4. The maximum Gasteiger partial charge on any atom is 0.182 e. The van der Waals surface area contributed by atoms with Gasteiger partial charge in [0.15, 0.2) is 5.13 Å². The molecule has 2 aromatic rings. The first-order valence-corrected chi connectivity index (χ1v) is 6.39. The van der Waals surface area contributed by atoms with Crippen LogP contribution in [0.2, 0.25) is 0 Å². The molecule has 0 saturated carbocycles. The Hall–Kier alpha value is -1.55. The van der Waals surface area contributed by atoms with E-state index in [1.807, 2.05) is 25.4 Å². The number of nitrogens with one attached hydrogen (secondary N) is 1. The number of thiazole rings is 1. The van der Waals surface area contributed by atoms with Gasteiger partial charge in [0.25, 0.3) is 0 Å². The summed E-state index contributed by atoms with van der Waals surface area (Å²) in [6.07, 6.45) is 4.01. The number of anilines is 1. The smallest absolute Gasteiger partial charge is 0.182 e. The third kappa shape index (κ3) is 3.20. The number of methoxy groups -OCH3 is 1. The highest BCUT2D eigenvalue weighted by molar-refractivity contribution is 7.15. The van der Waals surface area contributed by atoms with Crippen molar-refractivity contribution in [2.24, 2.45) is 0 Å². The van der Waals surface area contributed by atoms with E-state index in [9.17, 15) is 0 Å². The van der Waals surface area contributed by atoms with Gasteiger partial charge in [0.05, 0.1) is 7.11 Å². The molecule has 1 aromatic carbocycles. The summed E-state index contributed by atoms with van der Waals surface area (Å²) >= 11 is 1.71. The summed E-state index contributed by atoms with van der Waals surface area (Å²) in [5.74, 6) is 0.906. The largest absolute Gasteiger partial charge is 0.497 e. The number of benzene rings is 1. The van der Waals surface area contributed by atoms with Crippen molar-refractivity contribution >= 4 is 16.5 Å². The van der Waals surface area contributed by atoms with Gasteiger partial charge in [-0.15, -0.1) is 11.3 Å². The Morgan fingerprint density at radius 3 is 2.59 bits per heavy atom. The maximum absolute atomic E-state index is 5.13. The molecule has 0 radical (unpaired) electrons. The minimum atomic E-state index is 0.906. The molecule has 0 aliphatic carbocycles. The van der Waals surface area contributed by atoms with Crippen LogP contribution in [0.15, 0.2) is 30.5 Å². The average Bonchev–Trinajstić information content (AvgIpc) is 2.85. The molecular formula is C13H16N2OS. The van der Waals surface area contributed by atoms with Crippen molar-refractivity contribution in [1.82, 2.24) is 4.98 Å². The summed E-state index contributed by atoms with van der Waals surface area (Å²) in [5, 5.41) is 4.03. The molecule has 0 bridgehead atoms. The van der Waals surface area contributed by atoms with Gasteiger partial charge in [-0.1, -0.05) is 12.1 Å². The first-order chi connectivity index (χ1) is 8.31. The van der Waals surface area contributed by atoms with E-state index in [0.29, 0.717) is 0 Å². The van der Waals surface area contributed by atoms with Crippen LogP contribution in [0.4, 0.5) is 5.13 Å². The van der Waals surface area contributed by atoms with Gasteiger partial charge in [0, 0.05) is 18.1 Å². The highest BCUT2D eigenvalue weighted by atomic mass is 32.1. The van der Waals surface area contributed by atoms with E-state index in [2.05, 4.69) is 22.4 Å². The fraction of sp³-hybridized carbons (Fsp3) is 0.308. The number of ether oxygens (including phenoxy) is 1. The van der Waals surface area contributed by atoms with Crippen LogP contribution in [-0.2, 0) is 12.8 Å². The fourth-order valence-corrected chi connectivity index (χ4v) is 2.36. The Balaban J connectivity index is 1.92. The number of nitrogens with zero attached hydrogens (tertiary/aromatic N) is 1. The highest BCUT2D eigenvalue weighted by Gasteiger charge is 2.01. The monoisotopic (exact) mass is 248 g/mol. The molecule has 0 fully saturated rings. The van der Waals surface area contributed by atoms with Crippen molar-refractivity contribution in [3.63, 3.8) is 0 Å². The Labute approximate surface area is 105 Å². The zero-order valence-electron chi connectivity index (χ0n) is 10.1. The molecule has 90 valence electrons. The molecule has 0 aliphatic heterocycles. The molecule has 1 heterocycles. The normalized spacial score (nSPS) is 10.2. The number of rotatable bonds is 5. The molecule has 0 saturated heterocycles. The second-order valence-corrected chi connectivity index (χ2v) is 4.85. The van der Waals surface area contributed by atoms with Gasteiger partial charge in [-0.25, -0.2) is 4.98 Å². The Kier molecular flexibility index (Phi) is 3.98. The van der Waals surface area contributed by atoms with Crippen LogP contribution >= 0.6 is 11.3 Å². The molecule has 0 amide bonds. The second-order valence-electron chi connectivity index (χ2n) is 3.73. The lowest BCUT2D eigenvalue weighted by molar-refractivity contribution is 0.414. The van der Waals surface area contributed by atoms with Gasteiger partial charge >= 0.3 is 0 Å². The Morgan fingerprint density at radius 2 is 2.00 bits per heavy atom. The van der Waals surface area contributed by atoms with Crippen molar-refractivity contribution in [1.29, 1.82) is 0 Å². The van der Waals surface area contributed by atoms with Gasteiger partial charge in [-0.2, -0.15) is 0 Å². The van der Waals surface area contributed by atoms with E-state index in [-0.39, 0.29) is 0 Å². The van der Waals surface area contributed by atoms with Gasteiger partial charge < -0.3 is 10.1 Å². The lowest BCUT2D eigenvalue weighted by atomic mass is 10.1. The van der Waals surface area contributed by atoms with E-state index >= 15 is 0 Å². The molecule has 1 N–H and O–H groups in total. The van der Waals surface area contributed by atoms with Crippen LogP contribution in [0, 0.1) is 0 Å². The summed E-state index contributed by atoms with van der Waals surface area (Å²) < 4.78 is 5.13. The first-order valence-electron chi connectivity index (χ1n) is 5.57. The maximum atomic E-state index is 5.13. The van der Waals surface area contributed by atoms with Crippen molar-refractivity contribution in [2.45, 2.75) is 12.8 Å². The molecule has 0 aliphatic rings. The summed E-state index contributed by atoms with van der Waals surface area (Å²) in [7, 11) is 3.58. The SMILES string of the molecule is CNc1ncc(CCc2ccc(OC)cc2)s1. The molecule has 17 heavy (non-hydrogen) atoms. The minimum Gasteiger partial charge on any atom is -0.497 e. The summed E-state index contributed by atoms with van der Waals surface area (Å²) in [5.41, 5.74) is 1.32. The molecule has 2 rings (SSSR count). The zero-order chi connectivity index (χ0) is 12.1. The topological polar surface area (TPSA) is 34.2 Å². The third-order valence-corrected chi connectivity index (χ3v) is 3.66. The number of hydrogen-bond donors (Lipinski definition) is 1. The van der Waals surface area contributed by atoms with Crippen LogP contribution in [0.25, 0.3) is 0 Å². The molecular weight excluding hydrogens is 232 g/mol. The quantitative estimate of drug-likeness (QED) is 0.883. The number of aryl methyl sites for hydroxylation is 2. The summed E-state index contributed by atoms with van der Waals surface area (Å²) in [6.45, 7) is 0. The Morgan fingerprint density at radius 1 is 1.24 bits per heavy atom. The van der Waals surface area contributed by atoms with Crippen molar-refractivity contribution in [3.05, 3.63) is 40.9 Å². The van der Waals surface area contributed by atoms with E-state index in [1.54, 1.807) is 18.4 Å². The number of aromatic nitrogens is 1. The molecule has 0 atom stereocenters. The predicted molar refractivity (Wildman–Crippen MR) is 72.1 cm³/mol. The zero-order valence-corrected chi connectivity index (χ0v) is 10.9. The molecule has 4 heteroatoms. The van der Waals surface area contributed by atoms with E-state index < -0.39 is 0 Å². The lowest BCUT2D eigenvalue weighted by Crippen LogP contribution is -1.89. The van der Waals surface area contributed by atoms with Crippen molar-refractivity contribution in [3.8, 4) is 5.75 Å². The van der Waals surface area contributed by atoms with Gasteiger partial charge in [0.1, 0.15) is 5.75 Å². The van der Waals surface area contributed by atoms with Crippen LogP contribution in [0.5, 0.6) is 5.75 Å². The predicted octanol–water partition coefficient (Wildman–Crippen LogP) is 2.98. The van der Waals surface area contributed by atoms with Crippen LogP contribution in [-0.4, -0.2) is 19.1 Å². The van der Waals surface area contributed by atoms with Crippen LogP contribution < -0.4 is 10.1 Å². The van der Waals surface area contributed by atoms with Gasteiger partial charge in [0.2, 0.25) is 0 Å². The summed E-state index contributed by atoms with van der Waals surface area (Å²) in [6, 6.07) is 8.22. The average molecular weight is 248 g/mol. The molecule has 0 spiro atoms. The third-order valence-electron chi connectivity index (χ3n) is 2.59. The standard InChI is InChI=1S/C13H16N2OS/c1-14-13-15-9-12(17-13)8-5-10-3-6-11(16-2)7-4-10/h3-4,6-7,9H,5,8H2,1-2H3,(H,14,15). The van der Waals surface area contributed by atoms with Crippen LogP contribution in [0.1, 0.15) is 10.4 Å². The van der Waals surface area contributed by atoms with Crippen molar-refractivity contribution in [2.75, 3.05) is 19.5 Å². The molecule has 0 unspecified atom stereocenters. The first kappa shape index (κ1) is 11.9. The van der Waals surface area contributed by atoms with E-state index in [1.165, 1.54) is 10.4 Å². The highest BCUT2D eigenvalue weighted by Crippen LogP contribution is 2.20. The second kappa shape index (κ2) is 5.68. The van der Waals surface area contributed by atoms with Crippen LogP contribution in [0.3, 0.4) is 0 Å². The lowest BCUT2D eigenvalue weighted by Gasteiger charge is -2.02.